The molecule has 0 spiro atoms. The number of aromatic nitrogens is 1. The van der Waals surface area contributed by atoms with Crippen molar-refractivity contribution in [2.45, 2.75) is 19.3 Å². The van der Waals surface area contributed by atoms with Crippen LogP contribution in [0.3, 0.4) is 0 Å². The third-order valence-electron chi connectivity index (χ3n) is 5.86. The van der Waals surface area contributed by atoms with Crippen LogP contribution in [0.15, 0.2) is 30.5 Å². The van der Waals surface area contributed by atoms with Gasteiger partial charge in [-0.05, 0) is 49.1 Å². The number of piperidine rings is 1. The topological polar surface area (TPSA) is 81.1 Å². The first-order valence-electron chi connectivity index (χ1n) is 10.7. The Morgan fingerprint density at radius 2 is 1.88 bits per heavy atom. The predicted octanol–water partition coefficient (Wildman–Crippen LogP) is 3.65. The van der Waals surface area contributed by atoms with Crippen molar-refractivity contribution in [3.05, 3.63) is 41.8 Å². The van der Waals surface area contributed by atoms with Crippen LogP contribution in [-0.4, -0.2) is 63.7 Å². The molecule has 1 aromatic carbocycles. The van der Waals surface area contributed by atoms with Gasteiger partial charge in [0.2, 0.25) is 0 Å². The molecule has 174 valence electrons. The number of carboxylic acids is 1. The van der Waals surface area contributed by atoms with Crippen molar-refractivity contribution in [2.75, 3.05) is 52.5 Å². The van der Waals surface area contributed by atoms with Crippen LogP contribution in [0.25, 0.3) is 11.3 Å². The number of carboxylic acid groups (broad SMARTS) is 1. The highest BCUT2D eigenvalue weighted by atomic mass is 19.1. The van der Waals surface area contributed by atoms with E-state index < -0.39 is 11.8 Å². The van der Waals surface area contributed by atoms with E-state index in [0.717, 1.165) is 17.7 Å². The Bertz CT molecular complexity index is 909. The summed E-state index contributed by atoms with van der Waals surface area (Å²) < 4.78 is 30.1. The molecule has 2 heterocycles. The molecule has 0 aliphatic carbocycles. The Balaban J connectivity index is 1.95. The van der Waals surface area contributed by atoms with E-state index in [4.69, 9.17) is 19.2 Å². The van der Waals surface area contributed by atoms with Gasteiger partial charge in [0.05, 0.1) is 37.6 Å². The molecular weight excluding hydrogens is 415 g/mol. The molecule has 1 fully saturated rings. The molecule has 2 aromatic rings. The minimum absolute atomic E-state index is 0.177. The standard InChI is InChI=1S/C24H31FN2O5/c1-30-14-17(15-31-2)10-16-11-21(27-8-6-18(7-9-27)24(28)29)23(26-13-16)19-4-5-22(32-3)20(25)12-19/h4-5,11-13,17-18H,6-10,14-15H2,1-3H3,(H,28,29). The van der Waals surface area contributed by atoms with Gasteiger partial charge in [-0.2, -0.15) is 0 Å². The summed E-state index contributed by atoms with van der Waals surface area (Å²) in [6.07, 6.45) is 3.66. The molecule has 1 aromatic heterocycles. The zero-order valence-corrected chi connectivity index (χ0v) is 18.8. The van der Waals surface area contributed by atoms with Crippen molar-refractivity contribution >= 4 is 11.7 Å². The van der Waals surface area contributed by atoms with Gasteiger partial charge < -0.3 is 24.2 Å². The minimum atomic E-state index is -0.754. The van der Waals surface area contributed by atoms with Crippen molar-refractivity contribution in [3.63, 3.8) is 0 Å². The van der Waals surface area contributed by atoms with E-state index in [1.165, 1.54) is 13.2 Å². The van der Waals surface area contributed by atoms with E-state index in [2.05, 4.69) is 11.0 Å². The first-order chi connectivity index (χ1) is 15.5. The number of halogens is 1. The number of hydrogen-bond acceptors (Lipinski definition) is 6. The molecular formula is C24H31FN2O5. The summed E-state index contributed by atoms with van der Waals surface area (Å²) in [5, 5.41) is 9.34. The van der Waals surface area contributed by atoms with E-state index in [1.54, 1.807) is 26.4 Å². The fourth-order valence-corrected chi connectivity index (χ4v) is 4.22. The third kappa shape index (κ3) is 5.75. The number of methoxy groups -OCH3 is 3. The molecule has 7 nitrogen and oxygen atoms in total. The van der Waals surface area contributed by atoms with Crippen molar-refractivity contribution in [2.24, 2.45) is 11.8 Å². The van der Waals surface area contributed by atoms with Gasteiger partial charge in [-0.1, -0.05) is 0 Å². The minimum Gasteiger partial charge on any atom is -0.494 e. The number of nitrogens with zero attached hydrogens (tertiary/aromatic N) is 2. The summed E-state index contributed by atoms with van der Waals surface area (Å²) in [5.74, 6) is -1.18. The lowest BCUT2D eigenvalue weighted by Crippen LogP contribution is -2.36. The summed E-state index contributed by atoms with van der Waals surface area (Å²) in [7, 11) is 4.76. The van der Waals surface area contributed by atoms with Crippen LogP contribution < -0.4 is 9.64 Å². The first-order valence-corrected chi connectivity index (χ1v) is 10.7. The molecule has 1 aliphatic rings. The SMILES string of the molecule is COCC(COC)Cc1cnc(-c2ccc(OC)c(F)c2)c(N2CCC(C(=O)O)CC2)c1. The summed E-state index contributed by atoms with van der Waals surface area (Å²) in [4.78, 5) is 18.2. The number of carbonyl (C=O) groups is 1. The largest absolute Gasteiger partial charge is 0.494 e. The number of hydrogen-bond donors (Lipinski definition) is 1. The van der Waals surface area contributed by atoms with Crippen molar-refractivity contribution < 1.29 is 28.5 Å². The Morgan fingerprint density at radius 1 is 1.19 bits per heavy atom. The highest BCUT2D eigenvalue weighted by molar-refractivity contribution is 5.77. The third-order valence-corrected chi connectivity index (χ3v) is 5.86. The predicted molar refractivity (Wildman–Crippen MR) is 120 cm³/mol. The number of ether oxygens (including phenoxy) is 3. The van der Waals surface area contributed by atoms with E-state index >= 15 is 0 Å². The lowest BCUT2D eigenvalue weighted by Gasteiger charge is -2.33. The quantitative estimate of drug-likeness (QED) is 0.597. The lowest BCUT2D eigenvalue weighted by atomic mass is 9.95. The van der Waals surface area contributed by atoms with Gasteiger partial charge in [0.1, 0.15) is 0 Å². The molecule has 0 unspecified atom stereocenters. The van der Waals surface area contributed by atoms with Crippen LogP contribution in [-0.2, 0) is 20.7 Å². The average molecular weight is 447 g/mol. The second-order valence-electron chi connectivity index (χ2n) is 8.14. The molecule has 0 atom stereocenters. The first kappa shape index (κ1) is 23.9. The molecule has 0 radical (unpaired) electrons. The van der Waals surface area contributed by atoms with E-state index in [0.29, 0.717) is 50.4 Å². The Hall–Kier alpha value is -2.71. The number of aliphatic carboxylic acids is 1. The fraction of sp³-hybridized carbons (Fsp3) is 0.500. The Kier molecular flexibility index (Phi) is 8.41. The van der Waals surface area contributed by atoms with Crippen molar-refractivity contribution in [3.8, 4) is 17.0 Å². The van der Waals surface area contributed by atoms with E-state index in [-0.39, 0.29) is 17.6 Å². The van der Waals surface area contributed by atoms with E-state index in [1.807, 2.05) is 6.20 Å². The van der Waals surface area contributed by atoms with Gasteiger partial charge in [0, 0.05) is 45.0 Å². The average Bonchev–Trinajstić information content (AvgIpc) is 2.79. The van der Waals surface area contributed by atoms with Gasteiger partial charge in [-0.25, -0.2) is 4.39 Å². The second-order valence-corrected chi connectivity index (χ2v) is 8.14. The molecule has 1 saturated heterocycles. The van der Waals surface area contributed by atoms with Crippen LogP contribution in [0.5, 0.6) is 5.75 Å². The zero-order valence-electron chi connectivity index (χ0n) is 18.8. The number of pyridine rings is 1. The molecule has 32 heavy (non-hydrogen) atoms. The van der Waals surface area contributed by atoms with Crippen LogP contribution in [0.4, 0.5) is 10.1 Å². The maximum atomic E-state index is 14.4. The maximum Gasteiger partial charge on any atom is 0.306 e. The van der Waals surface area contributed by atoms with Gasteiger partial charge in [-0.15, -0.1) is 0 Å². The summed E-state index contributed by atoms with van der Waals surface area (Å²) in [6, 6.07) is 6.88. The smallest absolute Gasteiger partial charge is 0.306 e. The summed E-state index contributed by atoms with van der Waals surface area (Å²) in [6.45, 7) is 2.35. The number of benzene rings is 1. The normalized spacial score (nSPS) is 14.7. The molecule has 1 aliphatic heterocycles. The monoisotopic (exact) mass is 446 g/mol. The van der Waals surface area contributed by atoms with Gasteiger partial charge in [0.15, 0.2) is 11.6 Å². The molecule has 3 rings (SSSR count). The highest BCUT2D eigenvalue weighted by Crippen LogP contribution is 2.35. The molecule has 8 heteroatoms. The van der Waals surface area contributed by atoms with Gasteiger partial charge >= 0.3 is 5.97 Å². The Morgan fingerprint density at radius 3 is 2.44 bits per heavy atom. The van der Waals surface area contributed by atoms with Crippen LogP contribution in [0.2, 0.25) is 0 Å². The second kappa shape index (κ2) is 11.2. The number of anilines is 1. The van der Waals surface area contributed by atoms with Crippen molar-refractivity contribution in [1.29, 1.82) is 0 Å². The number of rotatable bonds is 10. The fourth-order valence-electron chi connectivity index (χ4n) is 4.22. The highest BCUT2D eigenvalue weighted by Gasteiger charge is 2.27. The van der Waals surface area contributed by atoms with Crippen LogP contribution >= 0.6 is 0 Å². The summed E-state index contributed by atoms with van der Waals surface area (Å²) in [5.41, 5.74) is 3.22. The van der Waals surface area contributed by atoms with E-state index in [9.17, 15) is 14.3 Å². The van der Waals surface area contributed by atoms with Gasteiger partial charge in [0.25, 0.3) is 0 Å². The van der Waals surface area contributed by atoms with Crippen LogP contribution in [0.1, 0.15) is 18.4 Å². The van der Waals surface area contributed by atoms with Crippen molar-refractivity contribution in [1.82, 2.24) is 4.98 Å². The molecule has 0 saturated carbocycles. The maximum absolute atomic E-state index is 14.4. The molecule has 1 N–H and O–H groups in total. The molecule has 0 bridgehead atoms. The van der Waals surface area contributed by atoms with Gasteiger partial charge in [-0.3, -0.25) is 9.78 Å². The van der Waals surface area contributed by atoms with Crippen LogP contribution in [0, 0.1) is 17.7 Å². The summed E-state index contributed by atoms with van der Waals surface area (Å²) >= 11 is 0. The Labute approximate surface area is 188 Å². The molecule has 0 amide bonds. The lowest BCUT2D eigenvalue weighted by molar-refractivity contribution is -0.142. The zero-order chi connectivity index (χ0) is 23.1.